The van der Waals surface area contributed by atoms with Crippen molar-refractivity contribution in [3.8, 4) is 6.07 Å². The van der Waals surface area contributed by atoms with Gasteiger partial charge >= 0.3 is 0 Å². The quantitative estimate of drug-likeness (QED) is 0.677. The maximum absolute atomic E-state index is 8.60. The molecule has 1 aromatic carbocycles. The lowest BCUT2D eigenvalue weighted by atomic mass is 10.2. The highest BCUT2D eigenvalue weighted by Gasteiger charge is 2.07. The van der Waals surface area contributed by atoms with Crippen LogP contribution >= 0.6 is 0 Å². The third-order valence-corrected chi connectivity index (χ3v) is 2.84. The first-order valence-electron chi connectivity index (χ1n) is 5.93. The number of ether oxygens (including phenoxy) is 1. The Morgan fingerprint density at radius 3 is 2.71 bits per heavy atom. The molecule has 0 N–H and O–H groups in total. The molecule has 1 unspecified atom stereocenters. The van der Waals surface area contributed by atoms with Gasteiger partial charge in [0.15, 0.2) is 0 Å². The summed E-state index contributed by atoms with van der Waals surface area (Å²) in [5, 5.41) is 8.60. The number of rotatable bonds is 7. The van der Waals surface area contributed by atoms with Gasteiger partial charge in [-0.05, 0) is 19.5 Å². The van der Waals surface area contributed by atoms with Crippen LogP contribution in [0.4, 0.5) is 0 Å². The van der Waals surface area contributed by atoms with E-state index in [0.29, 0.717) is 25.7 Å². The van der Waals surface area contributed by atoms with Gasteiger partial charge in [0.2, 0.25) is 0 Å². The standard InChI is InChI=1S/C14H20N2O/c1-13(8-9-15)16(2)10-11-17-12-14-6-4-3-5-7-14/h3-7,13H,8,10-12H2,1-2H3. The van der Waals surface area contributed by atoms with Gasteiger partial charge in [0, 0.05) is 12.6 Å². The summed E-state index contributed by atoms with van der Waals surface area (Å²) in [6.45, 7) is 4.26. The molecule has 3 heteroatoms. The molecule has 0 amide bonds. The van der Waals surface area contributed by atoms with Crippen LogP contribution in [0.3, 0.4) is 0 Å². The van der Waals surface area contributed by atoms with E-state index >= 15 is 0 Å². The minimum absolute atomic E-state index is 0.292. The number of hydrogen-bond acceptors (Lipinski definition) is 3. The zero-order valence-electron chi connectivity index (χ0n) is 10.6. The zero-order chi connectivity index (χ0) is 12.5. The average Bonchev–Trinajstić information content (AvgIpc) is 2.36. The third-order valence-electron chi connectivity index (χ3n) is 2.84. The van der Waals surface area contributed by atoms with Crippen molar-refractivity contribution < 1.29 is 4.74 Å². The molecule has 1 rings (SSSR count). The van der Waals surface area contributed by atoms with Crippen molar-refractivity contribution >= 4 is 0 Å². The minimum Gasteiger partial charge on any atom is -0.375 e. The van der Waals surface area contributed by atoms with Gasteiger partial charge in [-0.2, -0.15) is 5.26 Å². The summed E-state index contributed by atoms with van der Waals surface area (Å²) in [4.78, 5) is 2.15. The van der Waals surface area contributed by atoms with Gasteiger partial charge in [-0.15, -0.1) is 0 Å². The smallest absolute Gasteiger partial charge is 0.0717 e. The Morgan fingerprint density at radius 2 is 2.06 bits per heavy atom. The van der Waals surface area contributed by atoms with Crippen molar-refractivity contribution in [3.63, 3.8) is 0 Å². The van der Waals surface area contributed by atoms with Crippen molar-refractivity contribution in [3.05, 3.63) is 35.9 Å². The van der Waals surface area contributed by atoms with E-state index in [1.54, 1.807) is 0 Å². The molecule has 0 saturated carbocycles. The maximum Gasteiger partial charge on any atom is 0.0717 e. The van der Waals surface area contributed by atoms with E-state index in [0.717, 1.165) is 6.54 Å². The van der Waals surface area contributed by atoms with Gasteiger partial charge in [-0.1, -0.05) is 30.3 Å². The molecular formula is C14H20N2O. The molecule has 1 atom stereocenters. The normalized spacial score (nSPS) is 12.4. The molecule has 0 saturated heterocycles. The van der Waals surface area contributed by atoms with E-state index in [-0.39, 0.29) is 0 Å². The topological polar surface area (TPSA) is 36.3 Å². The van der Waals surface area contributed by atoms with Crippen molar-refractivity contribution in [1.29, 1.82) is 5.26 Å². The fourth-order valence-corrected chi connectivity index (χ4v) is 1.48. The summed E-state index contributed by atoms with van der Waals surface area (Å²) >= 11 is 0. The Hall–Kier alpha value is -1.37. The van der Waals surface area contributed by atoms with Gasteiger partial charge in [0.25, 0.3) is 0 Å². The van der Waals surface area contributed by atoms with Gasteiger partial charge in [0.05, 0.1) is 25.7 Å². The SMILES string of the molecule is CC(CC#N)N(C)CCOCc1ccccc1. The Bertz CT molecular complexity index is 345. The zero-order valence-corrected chi connectivity index (χ0v) is 10.6. The van der Waals surface area contributed by atoms with Crippen molar-refractivity contribution in [1.82, 2.24) is 4.90 Å². The monoisotopic (exact) mass is 232 g/mol. The fourth-order valence-electron chi connectivity index (χ4n) is 1.48. The Balaban J connectivity index is 2.14. The van der Waals surface area contributed by atoms with Crippen molar-refractivity contribution in [2.24, 2.45) is 0 Å². The van der Waals surface area contributed by atoms with Crippen molar-refractivity contribution in [2.45, 2.75) is 26.0 Å². The van der Waals surface area contributed by atoms with Crippen LogP contribution in [0.15, 0.2) is 30.3 Å². The van der Waals surface area contributed by atoms with Crippen LogP contribution in [-0.2, 0) is 11.3 Å². The first-order chi connectivity index (χ1) is 8.24. The van der Waals surface area contributed by atoms with E-state index in [1.165, 1.54) is 5.56 Å². The molecule has 17 heavy (non-hydrogen) atoms. The highest BCUT2D eigenvalue weighted by atomic mass is 16.5. The molecule has 92 valence electrons. The highest BCUT2D eigenvalue weighted by molar-refractivity contribution is 5.13. The van der Waals surface area contributed by atoms with Crippen LogP contribution in [0, 0.1) is 11.3 Å². The summed E-state index contributed by atoms with van der Waals surface area (Å²) in [6, 6.07) is 12.6. The number of hydrogen-bond donors (Lipinski definition) is 0. The van der Waals surface area contributed by atoms with Crippen molar-refractivity contribution in [2.75, 3.05) is 20.2 Å². The van der Waals surface area contributed by atoms with E-state index in [1.807, 2.05) is 25.2 Å². The molecule has 0 heterocycles. The lowest BCUT2D eigenvalue weighted by Gasteiger charge is -2.22. The summed E-state index contributed by atoms with van der Waals surface area (Å²) in [5.74, 6) is 0. The number of benzene rings is 1. The molecule has 0 fully saturated rings. The maximum atomic E-state index is 8.60. The van der Waals surface area contributed by atoms with Crippen LogP contribution in [-0.4, -0.2) is 31.1 Å². The van der Waals surface area contributed by atoms with Crippen LogP contribution in [0.25, 0.3) is 0 Å². The fraction of sp³-hybridized carbons (Fsp3) is 0.500. The Kier molecular flexibility index (Phi) is 6.31. The largest absolute Gasteiger partial charge is 0.375 e. The summed E-state index contributed by atoms with van der Waals surface area (Å²) < 4.78 is 5.59. The third kappa shape index (κ3) is 5.48. The molecule has 0 spiro atoms. The Labute approximate surface area is 104 Å². The van der Waals surface area contributed by atoms with Crippen LogP contribution in [0.5, 0.6) is 0 Å². The van der Waals surface area contributed by atoms with Crippen LogP contribution in [0.1, 0.15) is 18.9 Å². The second kappa shape index (κ2) is 7.83. The van der Waals surface area contributed by atoms with Gasteiger partial charge in [-0.25, -0.2) is 0 Å². The van der Waals surface area contributed by atoms with Gasteiger partial charge in [0.1, 0.15) is 0 Å². The van der Waals surface area contributed by atoms with Crippen LogP contribution in [0.2, 0.25) is 0 Å². The molecule has 0 aromatic heterocycles. The second-order valence-corrected chi connectivity index (χ2v) is 4.23. The first-order valence-corrected chi connectivity index (χ1v) is 5.93. The number of nitriles is 1. The molecule has 1 aromatic rings. The summed E-state index contributed by atoms with van der Waals surface area (Å²) in [6.07, 6.45) is 0.565. The average molecular weight is 232 g/mol. The molecule has 0 aliphatic rings. The molecule has 0 bridgehead atoms. The van der Waals surface area contributed by atoms with E-state index in [4.69, 9.17) is 10.00 Å². The minimum atomic E-state index is 0.292. The van der Waals surface area contributed by atoms with E-state index in [2.05, 4.69) is 30.0 Å². The molecule has 0 radical (unpaired) electrons. The number of likely N-dealkylation sites (N-methyl/N-ethyl adjacent to an activating group) is 1. The molecule has 0 aliphatic heterocycles. The first kappa shape index (κ1) is 13.7. The van der Waals surface area contributed by atoms with Crippen LogP contribution < -0.4 is 0 Å². The van der Waals surface area contributed by atoms with Gasteiger partial charge in [-0.3, -0.25) is 0 Å². The second-order valence-electron chi connectivity index (χ2n) is 4.23. The Morgan fingerprint density at radius 1 is 1.35 bits per heavy atom. The van der Waals surface area contributed by atoms with E-state index < -0.39 is 0 Å². The molecule has 0 aliphatic carbocycles. The molecule has 3 nitrogen and oxygen atoms in total. The number of nitrogens with zero attached hydrogens (tertiary/aromatic N) is 2. The lowest BCUT2D eigenvalue weighted by Crippen LogP contribution is -2.31. The summed E-state index contributed by atoms with van der Waals surface area (Å²) in [5.41, 5.74) is 1.19. The predicted octanol–water partition coefficient (Wildman–Crippen LogP) is 2.44. The van der Waals surface area contributed by atoms with Gasteiger partial charge < -0.3 is 9.64 Å². The molecular weight excluding hydrogens is 212 g/mol. The highest BCUT2D eigenvalue weighted by Crippen LogP contribution is 2.02. The predicted molar refractivity (Wildman–Crippen MR) is 68.4 cm³/mol. The summed E-state index contributed by atoms with van der Waals surface area (Å²) in [7, 11) is 2.02. The van der Waals surface area contributed by atoms with E-state index in [9.17, 15) is 0 Å². The lowest BCUT2D eigenvalue weighted by molar-refractivity contribution is 0.0905.